The van der Waals surface area contributed by atoms with Crippen molar-refractivity contribution in [2.75, 3.05) is 20.2 Å². The molecule has 1 saturated heterocycles. The lowest BCUT2D eigenvalue weighted by molar-refractivity contribution is -0.139. The van der Waals surface area contributed by atoms with Crippen LogP contribution in [-0.4, -0.2) is 60.1 Å². The monoisotopic (exact) mass is 314 g/mol. The van der Waals surface area contributed by atoms with Gasteiger partial charge in [0.1, 0.15) is 0 Å². The molecule has 0 aromatic carbocycles. The lowest BCUT2D eigenvalue weighted by Gasteiger charge is -2.24. The summed E-state index contributed by atoms with van der Waals surface area (Å²) in [5, 5.41) is 11.7. The SMILES string of the molecule is COC1CC(CC(=O)O)N(C(=O)CCNC(=O)C(C)(C)C)C1. The molecule has 1 fully saturated rings. The van der Waals surface area contributed by atoms with Crippen molar-refractivity contribution in [2.45, 2.75) is 52.2 Å². The molecule has 0 aliphatic carbocycles. The van der Waals surface area contributed by atoms with Crippen LogP contribution in [0.25, 0.3) is 0 Å². The molecule has 0 aromatic rings. The largest absolute Gasteiger partial charge is 0.481 e. The summed E-state index contributed by atoms with van der Waals surface area (Å²) in [7, 11) is 1.56. The van der Waals surface area contributed by atoms with Crippen molar-refractivity contribution in [3.63, 3.8) is 0 Å². The first-order valence-corrected chi connectivity index (χ1v) is 7.47. The zero-order valence-corrected chi connectivity index (χ0v) is 13.7. The molecule has 1 aliphatic heterocycles. The summed E-state index contributed by atoms with van der Waals surface area (Å²) in [5.74, 6) is -1.20. The summed E-state index contributed by atoms with van der Waals surface area (Å²) in [6.45, 7) is 6.06. The van der Waals surface area contributed by atoms with E-state index in [4.69, 9.17) is 9.84 Å². The molecule has 2 N–H and O–H groups in total. The van der Waals surface area contributed by atoms with E-state index in [0.717, 1.165) is 0 Å². The maximum absolute atomic E-state index is 12.3. The lowest BCUT2D eigenvalue weighted by atomic mass is 9.96. The first kappa shape index (κ1) is 18.4. The van der Waals surface area contributed by atoms with E-state index in [1.165, 1.54) is 0 Å². The zero-order chi connectivity index (χ0) is 16.9. The third kappa shape index (κ3) is 5.29. The highest BCUT2D eigenvalue weighted by Gasteiger charge is 2.36. The van der Waals surface area contributed by atoms with Gasteiger partial charge in [-0.1, -0.05) is 20.8 Å². The molecule has 2 amide bonds. The number of carboxylic acid groups (broad SMARTS) is 1. The maximum atomic E-state index is 12.3. The zero-order valence-electron chi connectivity index (χ0n) is 13.7. The van der Waals surface area contributed by atoms with Crippen LogP contribution in [0.2, 0.25) is 0 Å². The Morgan fingerprint density at radius 2 is 1.95 bits per heavy atom. The Kier molecular flexibility index (Phi) is 6.34. The first-order valence-electron chi connectivity index (χ1n) is 7.47. The normalized spacial score (nSPS) is 21.7. The Morgan fingerprint density at radius 1 is 1.32 bits per heavy atom. The second-order valence-corrected chi connectivity index (χ2v) is 6.65. The summed E-state index contributed by atoms with van der Waals surface area (Å²) in [6, 6.07) is -0.340. The molecular formula is C15H26N2O5. The standard InChI is InChI=1S/C15H26N2O5/c1-15(2,3)14(21)16-6-5-12(18)17-9-11(22-4)7-10(17)8-13(19)20/h10-11H,5-9H2,1-4H3,(H,16,21)(H,19,20). The van der Waals surface area contributed by atoms with E-state index in [-0.39, 0.29) is 43.3 Å². The van der Waals surface area contributed by atoms with Crippen molar-refractivity contribution in [1.82, 2.24) is 10.2 Å². The number of methoxy groups -OCH3 is 1. The average molecular weight is 314 g/mol. The third-order valence-corrected chi connectivity index (χ3v) is 3.75. The van der Waals surface area contributed by atoms with Crippen LogP contribution in [0.3, 0.4) is 0 Å². The fourth-order valence-corrected chi connectivity index (χ4v) is 2.44. The number of likely N-dealkylation sites (tertiary alicyclic amines) is 1. The number of ether oxygens (including phenoxy) is 1. The van der Waals surface area contributed by atoms with Gasteiger partial charge in [0, 0.05) is 38.1 Å². The van der Waals surface area contributed by atoms with Gasteiger partial charge in [0.15, 0.2) is 0 Å². The minimum absolute atomic E-state index is 0.0834. The lowest BCUT2D eigenvalue weighted by Crippen LogP contribution is -2.41. The highest BCUT2D eigenvalue weighted by molar-refractivity contribution is 5.82. The number of nitrogens with zero attached hydrogens (tertiary/aromatic N) is 1. The van der Waals surface area contributed by atoms with E-state index in [1.54, 1.807) is 32.8 Å². The number of nitrogens with one attached hydrogen (secondary N) is 1. The van der Waals surface area contributed by atoms with E-state index >= 15 is 0 Å². The van der Waals surface area contributed by atoms with Gasteiger partial charge in [0.2, 0.25) is 11.8 Å². The summed E-state index contributed by atoms with van der Waals surface area (Å²) < 4.78 is 5.23. The van der Waals surface area contributed by atoms with Gasteiger partial charge in [0.05, 0.1) is 12.5 Å². The van der Waals surface area contributed by atoms with E-state index in [0.29, 0.717) is 13.0 Å². The molecule has 2 unspecified atom stereocenters. The number of hydrogen-bond donors (Lipinski definition) is 2. The molecule has 126 valence electrons. The molecule has 0 spiro atoms. The second kappa shape index (κ2) is 7.58. The minimum Gasteiger partial charge on any atom is -0.481 e. The predicted octanol–water partition coefficient (Wildman–Crippen LogP) is 0.629. The van der Waals surface area contributed by atoms with Gasteiger partial charge in [-0.3, -0.25) is 14.4 Å². The first-order chi connectivity index (χ1) is 10.1. The van der Waals surface area contributed by atoms with Gasteiger partial charge >= 0.3 is 5.97 Å². The molecule has 1 aliphatic rings. The van der Waals surface area contributed by atoms with Gasteiger partial charge in [-0.25, -0.2) is 0 Å². The van der Waals surface area contributed by atoms with E-state index < -0.39 is 11.4 Å². The van der Waals surface area contributed by atoms with Crippen LogP contribution in [0, 0.1) is 5.41 Å². The Morgan fingerprint density at radius 3 is 2.45 bits per heavy atom. The molecule has 0 radical (unpaired) electrons. The summed E-state index contributed by atoms with van der Waals surface area (Å²) in [5.41, 5.74) is -0.496. The Bertz CT molecular complexity index is 430. The number of carbonyl (C=O) groups excluding carboxylic acids is 2. The van der Waals surface area contributed by atoms with E-state index in [9.17, 15) is 14.4 Å². The molecule has 22 heavy (non-hydrogen) atoms. The predicted molar refractivity (Wildman–Crippen MR) is 80.2 cm³/mol. The Labute approximate surface area is 131 Å². The van der Waals surface area contributed by atoms with Crippen molar-refractivity contribution in [2.24, 2.45) is 5.41 Å². The summed E-state index contributed by atoms with van der Waals surface area (Å²) in [6.07, 6.45) is 0.481. The molecule has 7 nitrogen and oxygen atoms in total. The molecule has 0 bridgehead atoms. The fraction of sp³-hybridized carbons (Fsp3) is 0.800. The molecule has 0 saturated carbocycles. The second-order valence-electron chi connectivity index (χ2n) is 6.65. The number of carbonyl (C=O) groups is 3. The van der Waals surface area contributed by atoms with Crippen LogP contribution in [0.1, 0.15) is 40.0 Å². The van der Waals surface area contributed by atoms with E-state index in [2.05, 4.69) is 5.32 Å². The number of rotatable bonds is 6. The van der Waals surface area contributed by atoms with Crippen molar-refractivity contribution < 1.29 is 24.2 Å². The van der Waals surface area contributed by atoms with E-state index in [1.807, 2.05) is 0 Å². The van der Waals surface area contributed by atoms with Crippen molar-refractivity contribution in [3.05, 3.63) is 0 Å². The Balaban J connectivity index is 2.51. The van der Waals surface area contributed by atoms with Gasteiger partial charge in [0.25, 0.3) is 0 Å². The molecule has 1 heterocycles. The van der Waals surface area contributed by atoms with Crippen LogP contribution in [0.4, 0.5) is 0 Å². The molecule has 0 aromatic heterocycles. The summed E-state index contributed by atoms with van der Waals surface area (Å²) in [4.78, 5) is 36.5. The number of aliphatic carboxylic acids is 1. The highest BCUT2D eigenvalue weighted by atomic mass is 16.5. The third-order valence-electron chi connectivity index (χ3n) is 3.75. The smallest absolute Gasteiger partial charge is 0.305 e. The van der Waals surface area contributed by atoms with Gasteiger partial charge in [-0.05, 0) is 6.42 Å². The molecule has 1 rings (SSSR count). The quantitative estimate of drug-likeness (QED) is 0.749. The van der Waals surface area contributed by atoms with Crippen LogP contribution in [-0.2, 0) is 19.1 Å². The number of amides is 2. The number of hydrogen-bond acceptors (Lipinski definition) is 4. The van der Waals surface area contributed by atoms with Crippen LogP contribution in [0.5, 0.6) is 0 Å². The summed E-state index contributed by atoms with van der Waals surface area (Å²) >= 11 is 0. The molecule has 2 atom stereocenters. The fourth-order valence-electron chi connectivity index (χ4n) is 2.44. The number of carboxylic acids is 1. The van der Waals surface area contributed by atoms with Crippen LogP contribution < -0.4 is 5.32 Å². The average Bonchev–Trinajstić information content (AvgIpc) is 2.79. The van der Waals surface area contributed by atoms with Crippen LogP contribution in [0.15, 0.2) is 0 Å². The minimum atomic E-state index is -0.930. The maximum Gasteiger partial charge on any atom is 0.305 e. The van der Waals surface area contributed by atoms with Crippen molar-refractivity contribution in [3.8, 4) is 0 Å². The van der Waals surface area contributed by atoms with Gasteiger partial charge < -0.3 is 20.1 Å². The Hall–Kier alpha value is -1.63. The highest BCUT2D eigenvalue weighted by Crippen LogP contribution is 2.23. The van der Waals surface area contributed by atoms with Crippen molar-refractivity contribution >= 4 is 17.8 Å². The van der Waals surface area contributed by atoms with Crippen molar-refractivity contribution in [1.29, 1.82) is 0 Å². The molecular weight excluding hydrogens is 288 g/mol. The topological polar surface area (TPSA) is 95.9 Å². The van der Waals surface area contributed by atoms with Crippen LogP contribution >= 0.6 is 0 Å². The molecule has 7 heteroatoms. The van der Waals surface area contributed by atoms with Gasteiger partial charge in [-0.2, -0.15) is 0 Å². The van der Waals surface area contributed by atoms with Gasteiger partial charge in [-0.15, -0.1) is 0 Å².